The summed E-state index contributed by atoms with van der Waals surface area (Å²) in [7, 11) is 1.61. The van der Waals surface area contributed by atoms with Gasteiger partial charge in [0.15, 0.2) is 0 Å². The minimum absolute atomic E-state index is 0.112. The molecule has 3 aromatic rings. The van der Waals surface area contributed by atoms with Gasteiger partial charge in [-0.05, 0) is 47.4 Å². The van der Waals surface area contributed by atoms with Crippen LogP contribution in [0, 0.1) is 5.82 Å². The molecule has 0 aliphatic heterocycles. The number of benzene rings is 3. The van der Waals surface area contributed by atoms with E-state index in [4.69, 9.17) is 16.3 Å². The fourth-order valence-corrected chi connectivity index (χ4v) is 3.89. The normalized spacial score (nSPS) is 11.6. The lowest BCUT2D eigenvalue weighted by Gasteiger charge is -2.31. The molecule has 0 radical (unpaired) electrons. The molecule has 0 saturated carbocycles. The molecule has 1 N–H and O–H groups in total. The average molecular weight is 497 g/mol. The lowest BCUT2D eigenvalue weighted by atomic mass is 10.0. The van der Waals surface area contributed by atoms with E-state index >= 15 is 0 Å². The van der Waals surface area contributed by atoms with E-state index in [1.54, 1.807) is 48.4 Å². The number of rotatable bonds is 12. The monoisotopic (exact) mass is 496 g/mol. The van der Waals surface area contributed by atoms with Crippen molar-refractivity contribution in [3.05, 3.63) is 106 Å². The smallest absolute Gasteiger partial charge is 0.243 e. The van der Waals surface area contributed by atoms with Crippen LogP contribution in [-0.2, 0) is 33.7 Å². The van der Waals surface area contributed by atoms with Crippen LogP contribution in [0.25, 0.3) is 0 Å². The Balaban J connectivity index is 1.90. The van der Waals surface area contributed by atoms with Crippen molar-refractivity contribution in [3.63, 3.8) is 0 Å². The molecule has 35 heavy (non-hydrogen) atoms. The summed E-state index contributed by atoms with van der Waals surface area (Å²) in [5.41, 5.74) is 2.47. The van der Waals surface area contributed by atoms with Gasteiger partial charge in [-0.1, -0.05) is 66.2 Å². The van der Waals surface area contributed by atoms with E-state index in [0.29, 0.717) is 31.0 Å². The topological polar surface area (TPSA) is 58.6 Å². The van der Waals surface area contributed by atoms with Crippen LogP contribution >= 0.6 is 11.6 Å². The van der Waals surface area contributed by atoms with E-state index in [2.05, 4.69) is 5.32 Å². The minimum Gasteiger partial charge on any atom is -0.385 e. The standard InChI is InChI=1S/C28H30ClFN2O3/c1-35-17-5-16-31-28(34)26(18-21-6-3-2-4-7-21)32(20-23-10-14-25(30)15-11-23)27(33)19-22-8-12-24(29)13-9-22/h2-4,6-15,26H,5,16-20H2,1H3,(H,31,34)/t26-/m0/s1. The maximum absolute atomic E-state index is 13.6. The molecule has 0 aliphatic carbocycles. The summed E-state index contributed by atoms with van der Waals surface area (Å²) < 4.78 is 18.6. The zero-order valence-electron chi connectivity index (χ0n) is 19.8. The number of hydrogen-bond donors (Lipinski definition) is 1. The largest absolute Gasteiger partial charge is 0.385 e. The Hall–Kier alpha value is -3.22. The fraction of sp³-hybridized carbons (Fsp3) is 0.286. The summed E-state index contributed by atoms with van der Waals surface area (Å²) in [6.45, 7) is 1.14. The summed E-state index contributed by atoms with van der Waals surface area (Å²) in [4.78, 5) is 28.6. The van der Waals surface area contributed by atoms with Crippen molar-refractivity contribution in [2.24, 2.45) is 0 Å². The average Bonchev–Trinajstić information content (AvgIpc) is 2.87. The molecule has 0 saturated heterocycles. The minimum atomic E-state index is -0.746. The van der Waals surface area contributed by atoms with Gasteiger partial charge in [-0.2, -0.15) is 0 Å². The molecule has 0 aliphatic rings. The second kappa shape index (κ2) is 13.6. The van der Waals surface area contributed by atoms with Crippen molar-refractivity contribution in [2.75, 3.05) is 20.3 Å². The highest BCUT2D eigenvalue weighted by Gasteiger charge is 2.30. The van der Waals surface area contributed by atoms with Crippen LogP contribution in [-0.4, -0.2) is 43.0 Å². The number of carbonyl (C=O) groups excluding carboxylic acids is 2. The summed E-state index contributed by atoms with van der Waals surface area (Å²) in [5.74, 6) is -0.800. The molecular formula is C28H30ClFN2O3. The molecule has 5 nitrogen and oxygen atoms in total. The van der Waals surface area contributed by atoms with Gasteiger partial charge in [0.25, 0.3) is 0 Å². The van der Waals surface area contributed by atoms with E-state index in [-0.39, 0.29) is 30.6 Å². The van der Waals surface area contributed by atoms with Gasteiger partial charge >= 0.3 is 0 Å². The number of methoxy groups -OCH3 is 1. The van der Waals surface area contributed by atoms with E-state index in [1.807, 2.05) is 30.3 Å². The number of nitrogens with zero attached hydrogens (tertiary/aromatic N) is 1. The van der Waals surface area contributed by atoms with Gasteiger partial charge in [-0.3, -0.25) is 9.59 Å². The predicted molar refractivity (Wildman–Crippen MR) is 136 cm³/mol. The molecule has 3 aromatic carbocycles. The maximum Gasteiger partial charge on any atom is 0.243 e. The van der Waals surface area contributed by atoms with Crippen molar-refractivity contribution >= 4 is 23.4 Å². The molecule has 2 amide bonds. The zero-order valence-corrected chi connectivity index (χ0v) is 20.5. The van der Waals surface area contributed by atoms with Crippen molar-refractivity contribution in [2.45, 2.75) is 31.8 Å². The Morgan fingerprint density at radius 2 is 1.60 bits per heavy atom. The Bertz CT molecular complexity index is 1080. The third kappa shape index (κ3) is 8.50. The van der Waals surface area contributed by atoms with E-state index in [0.717, 1.165) is 16.7 Å². The van der Waals surface area contributed by atoms with Gasteiger partial charge in [0, 0.05) is 38.2 Å². The van der Waals surface area contributed by atoms with Crippen LogP contribution in [0.5, 0.6) is 0 Å². The Morgan fingerprint density at radius 3 is 2.26 bits per heavy atom. The summed E-state index contributed by atoms with van der Waals surface area (Å²) in [6.07, 6.45) is 1.13. The molecule has 0 bridgehead atoms. The van der Waals surface area contributed by atoms with Gasteiger partial charge in [-0.25, -0.2) is 4.39 Å². The highest BCUT2D eigenvalue weighted by atomic mass is 35.5. The molecule has 0 fully saturated rings. The number of carbonyl (C=O) groups is 2. The SMILES string of the molecule is COCCCNC(=O)[C@H](Cc1ccccc1)N(Cc1ccc(F)cc1)C(=O)Cc1ccc(Cl)cc1. The number of amides is 2. The zero-order chi connectivity index (χ0) is 25.0. The third-order valence-electron chi connectivity index (χ3n) is 5.63. The fourth-order valence-electron chi connectivity index (χ4n) is 3.76. The van der Waals surface area contributed by atoms with Crippen LogP contribution in [0.1, 0.15) is 23.1 Å². The van der Waals surface area contributed by atoms with Crippen molar-refractivity contribution in [3.8, 4) is 0 Å². The highest BCUT2D eigenvalue weighted by molar-refractivity contribution is 6.30. The first-order valence-corrected chi connectivity index (χ1v) is 11.9. The Labute approximate surface area is 210 Å². The maximum atomic E-state index is 13.6. The van der Waals surface area contributed by atoms with Gasteiger partial charge in [0.2, 0.25) is 11.8 Å². The van der Waals surface area contributed by atoms with Gasteiger partial charge in [-0.15, -0.1) is 0 Å². The van der Waals surface area contributed by atoms with Gasteiger partial charge in [0.05, 0.1) is 6.42 Å². The number of nitrogens with one attached hydrogen (secondary N) is 1. The molecule has 1 atom stereocenters. The van der Waals surface area contributed by atoms with Crippen LogP contribution < -0.4 is 5.32 Å². The molecular weight excluding hydrogens is 467 g/mol. The molecule has 0 unspecified atom stereocenters. The van der Waals surface area contributed by atoms with Crippen LogP contribution in [0.4, 0.5) is 4.39 Å². The molecule has 0 heterocycles. The highest BCUT2D eigenvalue weighted by Crippen LogP contribution is 2.18. The van der Waals surface area contributed by atoms with Crippen LogP contribution in [0.3, 0.4) is 0 Å². The first-order valence-electron chi connectivity index (χ1n) is 11.5. The number of ether oxygens (including phenoxy) is 1. The van der Waals surface area contributed by atoms with E-state index in [1.165, 1.54) is 12.1 Å². The summed E-state index contributed by atoms with van der Waals surface area (Å²) in [6, 6.07) is 21.9. The Kier molecular flexibility index (Phi) is 10.3. The van der Waals surface area contributed by atoms with Crippen LogP contribution in [0.15, 0.2) is 78.9 Å². The lowest BCUT2D eigenvalue weighted by molar-refractivity contribution is -0.140. The summed E-state index contributed by atoms with van der Waals surface area (Å²) in [5, 5.41) is 3.53. The first-order chi connectivity index (χ1) is 17.0. The van der Waals surface area contributed by atoms with E-state index in [9.17, 15) is 14.0 Å². The summed E-state index contributed by atoms with van der Waals surface area (Å²) >= 11 is 6.00. The van der Waals surface area contributed by atoms with Crippen molar-refractivity contribution in [1.82, 2.24) is 10.2 Å². The van der Waals surface area contributed by atoms with Crippen molar-refractivity contribution in [1.29, 1.82) is 0 Å². The Morgan fingerprint density at radius 1 is 0.943 bits per heavy atom. The quantitative estimate of drug-likeness (QED) is 0.366. The predicted octanol–water partition coefficient (Wildman–Crippen LogP) is 4.81. The third-order valence-corrected chi connectivity index (χ3v) is 5.88. The molecule has 0 aromatic heterocycles. The second-order valence-corrected chi connectivity index (χ2v) is 8.73. The van der Waals surface area contributed by atoms with Gasteiger partial charge < -0.3 is 15.0 Å². The second-order valence-electron chi connectivity index (χ2n) is 8.29. The number of halogens is 2. The first kappa shape index (κ1) is 26.4. The molecule has 0 spiro atoms. The molecule has 7 heteroatoms. The van der Waals surface area contributed by atoms with Crippen LogP contribution in [0.2, 0.25) is 5.02 Å². The molecule has 184 valence electrons. The number of hydrogen-bond acceptors (Lipinski definition) is 3. The van der Waals surface area contributed by atoms with E-state index < -0.39 is 6.04 Å². The molecule has 3 rings (SSSR count). The van der Waals surface area contributed by atoms with Crippen molar-refractivity contribution < 1.29 is 18.7 Å². The van der Waals surface area contributed by atoms with Gasteiger partial charge in [0.1, 0.15) is 11.9 Å². The lowest BCUT2D eigenvalue weighted by Crippen LogP contribution is -2.51.